The van der Waals surface area contributed by atoms with Crippen LogP contribution in [-0.2, 0) is 11.8 Å². The molecule has 1 aromatic carbocycles. The van der Waals surface area contributed by atoms with Crippen LogP contribution in [0.2, 0.25) is 0 Å². The SMILES string of the molecule is CC(C)c1ccc2c(c1)CC[C@@H]1[C@](C)(C[N+](C)(C)C)CCC[C@@]21C. The molecule has 24 heavy (non-hydrogen) atoms. The second-order valence-corrected chi connectivity index (χ2v) is 10.5. The third-order valence-electron chi connectivity index (χ3n) is 7.00. The lowest BCUT2D eigenvalue weighted by atomic mass is 9.49. The van der Waals surface area contributed by atoms with Crippen LogP contribution in [-0.4, -0.2) is 32.2 Å². The van der Waals surface area contributed by atoms with Gasteiger partial charge in [0.1, 0.15) is 0 Å². The van der Waals surface area contributed by atoms with Gasteiger partial charge in [0.15, 0.2) is 0 Å². The molecule has 0 heterocycles. The first-order chi connectivity index (χ1) is 11.1. The molecular formula is C23H38N+. The molecule has 1 aromatic rings. The number of nitrogens with zero attached hydrogens (tertiary/aromatic N) is 1. The predicted molar refractivity (Wildman–Crippen MR) is 105 cm³/mol. The number of quaternary nitrogens is 1. The fourth-order valence-electron chi connectivity index (χ4n) is 6.28. The van der Waals surface area contributed by atoms with Crippen LogP contribution in [0.4, 0.5) is 0 Å². The first kappa shape index (κ1) is 18.0. The average molecular weight is 329 g/mol. The summed E-state index contributed by atoms with van der Waals surface area (Å²) in [5.41, 5.74) is 5.69. The molecule has 1 heteroatoms. The fourth-order valence-corrected chi connectivity index (χ4v) is 6.28. The van der Waals surface area contributed by atoms with E-state index in [-0.39, 0.29) is 0 Å². The zero-order chi connectivity index (χ0) is 17.8. The smallest absolute Gasteiger partial charge is 0.0837 e. The number of hydrogen-bond acceptors (Lipinski definition) is 0. The summed E-state index contributed by atoms with van der Waals surface area (Å²) in [4.78, 5) is 0. The summed E-state index contributed by atoms with van der Waals surface area (Å²) in [6.07, 6.45) is 6.82. The third kappa shape index (κ3) is 3.05. The molecule has 0 radical (unpaired) electrons. The van der Waals surface area contributed by atoms with Gasteiger partial charge in [-0.1, -0.05) is 52.3 Å². The van der Waals surface area contributed by atoms with Crippen molar-refractivity contribution in [3.8, 4) is 0 Å². The Hall–Kier alpha value is -0.820. The molecule has 134 valence electrons. The molecule has 0 aromatic heterocycles. The molecule has 1 saturated carbocycles. The van der Waals surface area contributed by atoms with Crippen molar-refractivity contribution in [1.82, 2.24) is 0 Å². The van der Waals surface area contributed by atoms with Crippen LogP contribution >= 0.6 is 0 Å². The highest BCUT2D eigenvalue weighted by molar-refractivity contribution is 5.42. The number of rotatable bonds is 3. The Balaban J connectivity index is 2.00. The quantitative estimate of drug-likeness (QED) is 0.640. The summed E-state index contributed by atoms with van der Waals surface area (Å²) in [5.74, 6) is 1.46. The maximum Gasteiger partial charge on any atom is 0.0837 e. The molecule has 0 aliphatic heterocycles. The lowest BCUT2D eigenvalue weighted by Gasteiger charge is -2.56. The van der Waals surface area contributed by atoms with E-state index in [0.717, 1.165) is 10.4 Å². The van der Waals surface area contributed by atoms with Crippen molar-refractivity contribution >= 4 is 0 Å². The minimum absolute atomic E-state index is 0.380. The van der Waals surface area contributed by atoms with Gasteiger partial charge in [-0.05, 0) is 59.6 Å². The number of aryl methyl sites for hydroxylation is 1. The molecule has 0 spiro atoms. The lowest BCUT2D eigenvalue weighted by molar-refractivity contribution is -0.878. The van der Waals surface area contributed by atoms with E-state index in [1.165, 1.54) is 44.2 Å². The number of fused-ring (bicyclic) bond motifs is 3. The molecule has 2 aliphatic rings. The lowest BCUT2D eigenvalue weighted by Crippen LogP contribution is -2.55. The summed E-state index contributed by atoms with van der Waals surface area (Å²) in [6.45, 7) is 11.1. The molecule has 0 bridgehead atoms. The van der Waals surface area contributed by atoms with Gasteiger partial charge < -0.3 is 4.48 Å². The van der Waals surface area contributed by atoms with Crippen molar-refractivity contribution in [2.75, 3.05) is 27.7 Å². The van der Waals surface area contributed by atoms with Crippen LogP contribution in [0.25, 0.3) is 0 Å². The van der Waals surface area contributed by atoms with Crippen LogP contribution in [0.15, 0.2) is 18.2 Å². The topological polar surface area (TPSA) is 0 Å². The zero-order valence-electron chi connectivity index (χ0n) is 17.1. The van der Waals surface area contributed by atoms with E-state index in [1.807, 2.05) is 0 Å². The first-order valence-electron chi connectivity index (χ1n) is 9.99. The molecule has 3 atom stereocenters. The Kier molecular flexibility index (Phi) is 4.40. The van der Waals surface area contributed by atoms with Crippen molar-refractivity contribution in [2.45, 2.75) is 71.1 Å². The minimum Gasteiger partial charge on any atom is -0.330 e. The van der Waals surface area contributed by atoms with Crippen LogP contribution in [0.5, 0.6) is 0 Å². The van der Waals surface area contributed by atoms with E-state index in [0.29, 0.717) is 16.7 Å². The molecule has 1 fully saturated rings. The average Bonchev–Trinajstić information content (AvgIpc) is 2.44. The molecular weight excluding hydrogens is 290 g/mol. The first-order valence-corrected chi connectivity index (χ1v) is 9.99. The van der Waals surface area contributed by atoms with Gasteiger partial charge in [-0.2, -0.15) is 0 Å². The van der Waals surface area contributed by atoms with Crippen LogP contribution in [0, 0.1) is 11.3 Å². The van der Waals surface area contributed by atoms with E-state index in [9.17, 15) is 0 Å². The van der Waals surface area contributed by atoms with Crippen molar-refractivity contribution in [1.29, 1.82) is 0 Å². The predicted octanol–water partition coefficient (Wildman–Crippen LogP) is 5.53. The van der Waals surface area contributed by atoms with Gasteiger partial charge in [0.05, 0.1) is 27.7 Å². The van der Waals surface area contributed by atoms with E-state index in [4.69, 9.17) is 0 Å². The molecule has 0 N–H and O–H groups in total. The van der Waals surface area contributed by atoms with Crippen LogP contribution in [0.3, 0.4) is 0 Å². The highest BCUT2D eigenvalue weighted by atomic mass is 15.3. The summed E-state index contributed by atoms with van der Waals surface area (Å²) in [7, 11) is 7.09. The second-order valence-electron chi connectivity index (χ2n) is 10.5. The van der Waals surface area contributed by atoms with Gasteiger partial charge >= 0.3 is 0 Å². The highest BCUT2D eigenvalue weighted by Crippen LogP contribution is 2.57. The van der Waals surface area contributed by atoms with Crippen molar-refractivity contribution < 1.29 is 4.48 Å². The summed E-state index contributed by atoms with van der Waals surface area (Å²) in [5, 5.41) is 0. The van der Waals surface area contributed by atoms with Gasteiger partial charge in [0.25, 0.3) is 0 Å². The van der Waals surface area contributed by atoms with Crippen molar-refractivity contribution in [2.24, 2.45) is 11.3 Å². The standard InChI is InChI=1S/C23H38N/c1-17(2)18-9-11-20-19(15-18)10-12-21-22(3,16-24(5,6)7)13-8-14-23(20,21)4/h9,11,15,17,21H,8,10,12-14,16H2,1-7H3/q+1/t21-,22+,23+/m1/s1. The highest BCUT2D eigenvalue weighted by Gasteiger charge is 2.53. The fraction of sp³-hybridized carbons (Fsp3) is 0.739. The summed E-state index contributed by atoms with van der Waals surface area (Å²) in [6, 6.07) is 7.42. The molecule has 0 amide bonds. The van der Waals surface area contributed by atoms with Gasteiger partial charge in [-0.15, -0.1) is 0 Å². The Bertz CT molecular complexity index is 609. The normalized spacial score (nSPS) is 33.2. The molecule has 0 unspecified atom stereocenters. The van der Waals surface area contributed by atoms with E-state index >= 15 is 0 Å². The Labute approximate surface area is 150 Å². The van der Waals surface area contributed by atoms with Gasteiger partial charge in [-0.25, -0.2) is 0 Å². The third-order valence-corrected chi connectivity index (χ3v) is 7.00. The number of hydrogen-bond donors (Lipinski definition) is 0. The van der Waals surface area contributed by atoms with Crippen LogP contribution < -0.4 is 0 Å². The molecule has 2 aliphatic carbocycles. The summed E-state index contributed by atoms with van der Waals surface area (Å²) >= 11 is 0. The summed E-state index contributed by atoms with van der Waals surface area (Å²) < 4.78 is 1.09. The number of benzene rings is 1. The molecule has 0 saturated heterocycles. The Morgan fingerprint density at radius 1 is 1.12 bits per heavy atom. The van der Waals surface area contributed by atoms with Gasteiger partial charge in [-0.3, -0.25) is 0 Å². The second kappa shape index (κ2) is 5.87. The largest absolute Gasteiger partial charge is 0.330 e. The van der Waals surface area contributed by atoms with E-state index < -0.39 is 0 Å². The van der Waals surface area contributed by atoms with Crippen molar-refractivity contribution in [3.05, 3.63) is 34.9 Å². The minimum atomic E-state index is 0.380. The Morgan fingerprint density at radius 2 is 1.83 bits per heavy atom. The van der Waals surface area contributed by atoms with Crippen molar-refractivity contribution in [3.63, 3.8) is 0 Å². The monoisotopic (exact) mass is 328 g/mol. The molecule has 1 nitrogen and oxygen atoms in total. The van der Waals surface area contributed by atoms with Crippen LogP contribution in [0.1, 0.15) is 76.0 Å². The van der Waals surface area contributed by atoms with Gasteiger partial charge in [0.2, 0.25) is 0 Å². The molecule has 3 rings (SSSR count). The maximum atomic E-state index is 2.59. The van der Waals surface area contributed by atoms with Gasteiger partial charge in [0, 0.05) is 5.41 Å². The Morgan fingerprint density at radius 3 is 2.46 bits per heavy atom. The maximum absolute atomic E-state index is 2.59. The van der Waals surface area contributed by atoms with E-state index in [2.05, 4.69) is 67.0 Å². The zero-order valence-corrected chi connectivity index (χ0v) is 17.1. The van der Waals surface area contributed by atoms with E-state index in [1.54, 1.807) is 11.1 Å².